The Hall–Kier alpha value is -2.72. The molecule has 0 saturated carbocycles. The molecule has 10 heteroatoms. The molecule has 0 bridgehead atoms. The third kappa shape index (κ3) is 7.40. The molecule has 0 radical (unpaired) electrons. The summed E-state index contributed by atoms with van der Waals surface area (Å²) < 4.78 is 0.834. The Morgan fingerprint density at radius 3 is 2.48 bits per heavy atom. The lowest BCUT2D eigenvalue weighted by Gasteiger charge is -2.30. The zero-order valence-electron chi connectivity index (χ0n) is 19.4. The van der Waals surface area contributed by atoms with E-state index in [-0.39, 0.29) is 18.8 Å². The van der Waals surface area contributed by atoms with Crippen molar-refractivity contribution in [2.75, 3.05) is 17.0 Å². The summed E-state index contributed by atoms with van der Waals surface area (Å²) >= 11 is 1.55. The van der Waals surface area contributed by atoms with Crippen molar-refractivity contribution >= 4 is 23.6 Å². The number of hydrogen-bond donors (Lipinski definition) is 4. The summed E-state index contributed by atoms with van der Waals surface area (Å²) in [4.78, 5) is 41.3. The summed E-state index contributed by atoms with van der Waals surface area (Å²) in [6.07, 6.45) is 4.30. The van der Waals surface area contributed by atoms with E-state index in [0.717, 1.165) is 15.2 Å². The van der Waals surface area contributed by atoms with Gasteiger partial charge in [0.25, 0.3) is 5.91 Å². The average molecular weight is 479 g/mol. The van der Waals surface area contributed by atoms with Gasteiger partial charge in [-0.15, -0.1) is 0 Å². The fourth-order valence-electron chi connectivity index (χ4n) is 3.57. The van der Waals surface area contributed by atoms with Crippen molar-refractivity contribution in [3.63, 3.8) is 0 Å². The Bertz CT molecular complexity index is 958. The molecule has 0 spiro atoms. The standard InChI is InChI=1S/C23H34N4O5S/c1-16(2)12-13-20(28)26(27-22(30)18(14-15-33-3)24-23(27)31)19(21(29)25-32)11-7-10-17-8-5-4-6-9-17/h4-6,8-9,16,19,30,32H,7,10-15H2,1-3H3,(H,24,31)(H,25,29)/t19-/m0/s1. The quantitative estimate of drug-likeness (QED) is 0.259. The Labute approximate surface area is 198 Å². The molecule has 1 aromatic carbocycles. The molecule has 0 aliphatic rings. The van der Waals surface area contributed by atoms with Crippen molar-refractivity contribution in [2.24, 2.45) is 5.92 Å². The molecule has 2 rings (SSSR count). The van der Waals surface area contributed by atoms with Gasteiger partial charge in [0, 0.05) is 12.8 Å². The number of hydroxylamine groups is 1. The number of nitrogens with zero attached hydrogens (tertiary/aromatic N) is 2. The lowest BCUT2D eigenvalue weighted by atomic mass is 10.0. The van der Waals surface area contributed by atoms with Crippen LogP contribution in [-0.2, 0) is 22.4 Å². The normalized spacial score (nSPS) is 12.0. The third-order valence-electron chi connectivity index (χ3n) is 5.38. The zero-order valence-corrected chi connectivity index (χ0v) is 20.2. The van der Waals surface area contributed by atoms with E-state index in [4.69, 9.17) is 0 Å². The first kappa shape index (κ1) is 26.5. The monoisotopic (exact) mass is 478 g/mol. The lowest BCUT2D eigenvalue weighted by molar-refractivity contribution is -0.134. The van der Waals surface area contributed by atoms with Gasteiger partial charge in [0.15, 0.2) is 0 Å². The van der Waals surface area contributed by atoms with Crippen molar-refractivity contribution < 1.29 is 19.9 Å². The maximum Gasteiger partial charge on any atom is 0.348 e. The average Bonchev–Trinajstić information content (AvgIpc) is 3.08. The summed E-state index contributed by atoms with van der Waals surface area (Å²) in [6.45, 7) is 3.94. The zero-order chi connectivity index (χ0) is 24.4. The van der Waals surface area contributed by atoms with E-state index in [0.29, 0.717) is 37.1 Å². The van der Waals surface area contributed by atoms with E-state index in [2.05, 4.69) is 4.98 Å². The lowest BCUT2D eigenvalue weighted by Crippen LogP contribution is -2.57. The molecule has 0 aliphatic carbocycles. The molecule has 9 nitrogen and oxygen atoms in total. The first-order chi connectivity index (χ1) is 15.8. The number of aromatic amines is 1. The highest BCUT2D eigenvalue weighted by molar-refractivity contribution is 7.98. The maximum absolute atomic E-state index is 13.2. The van der Waals surface area contributed by atoms with Crippen molar-refractivity contribution in [2.45, 2.75) is 58.4 Å². The fourth-order valence-corrected chi connectivity index (χ4v) is 3.98. The summed E-state index contributed by atoms with van der Waals surface area (Å²) in [5, 5.41) is 21.1. The van der Waals surface area contributed by atoms with Crippen LogP contribution in [0.1, 0.15) is 50.8 Å². The smallest absolute Gasteiger partial charge is 0.348 e. The Balaban J connectivity index is 2.39. The van der Waals surface area contributed by atoms with Gasteiger partial charge in [0.05, 0.1) is 5.69 Å². The van der Waals surface area contributed by atoms with E-state index in [9.17, 15) is 24.7 Å². The van der Waals surface area contributed by atoms with Gasteiger partial charge in [0.1, 0.15) is 6.04 Å². The van der Waals surface area contributed by atoms with Crippen LogP contribution in [0.25, 0.3) is 0 Å². The van der Waals surface area contributed by atoms with Crippen LogP contribution < -0.4 is 16.2 Å². The minimum atomic E-state index is -1.17. The van der Waals surface area contributed by atoms with E-state index >= 15 is 0 Å². The maximum atomic E-state index is 13.2. The first-order valence-electron chi connectivity index (χ1n) is 11.1. The summed E-state index contributed by atoms with van der Waals surface area (Å²) in [7, 11) is 0. The second-order valence-electron chi connectivity index (χ2n) is 8.33. The predicted octanol–water partition coefficient (Wildman–Crippen LogP) is 2.59. The Kier molecular flexibility index (Phi) is 10.5. The number of imidazole rings is 1. The third-order valence-corrected chi connectivity index (χ3v) is 5.99. The van der Waals surface area contributed by atoms with Crippen molar-refractivity contribution in [1.29, 1.82) is 0 Å². The van der Waals surface area contributed by atoms with E-state index in [1.54, 1.807) is 17.2 Å². The second-order valence-corrected chi connectivity index (χ2v) is 9.31. The number of nitrogens with one attached hydrogen (secondary N) is 2. The molecule has 0 saturated heterocycles. The van der Waals surface area contributed by atoms with Gasteiger partial charge in [-0.3, -0.25) is 14.8 Å². The van der Waals surface area contributed by atoms with E-state index in [1.807, 2.05) is 50.4 Å². The largest absolute Gasteiger partial charge is 0.492 e. The second kappa shape index (κ2) is 13.1. The summed E-state index contributed by atoms with van der Waals surface area (Å²) in [5.74, 6) is -0.811. The highest BCUT2D eigenvalue weighted by atomic mass is 32.2. The van der Waals surface area contributed by atoms with Crippen LogP contribution in [0.3, 0.4) is 0 Å². The van der Waals surface area contributed by atoms with E-state index in [1.165, 1.54) is 0 Å². The summed E-state index contributed by atoms with van der Waals surface area (Å²) in [5.41, 5.74) is 2.28. The van der Waals surface area contributed by atoms with Crippen LogP contribution in [0.5, 0.6) is 5.88 Å². The molecular formula is C23H34N4O5S. The van der Waals surface area contributed by atoms with Crippen LogP contribution >= 0.6 is 11.8 Å². The minimum absolute atomic E-state index is 0.0861. The van der Waals surface area contributed by atoms with Crippen LogP contribution in [0.2, 0.25) is 0 Å². The molecule has 0 aliphatic heterocycles. The number of H-pyrrole nitrogens is 1. The van der Waals surface area contributed by atoms with Gasteiger partial charge in [0.2, 0.25) is 11.8 Å². The number of rotatable bonds is 13. The van der Waals surface area contributed by atoms with Crippen LogP contribution in [-0.4, -0.2) is 49.8 Å². The number of benzene rings is 1. The Morgan fingerprint density at radius 1 is 1.18 bits per heavy atom. The SMILES string of the molecule is CSCCc1[nH]c(=O)n(N(C(=O)CCC(C)C)[C@@H](CCCc2ccccc2)C(=O)NO)c1O. The highest BCUT2D eigenvalue weighted by Crippen LogP contribution is 2.20. The van der Waals surface area contributed by atoms with Gasteiger partial charge >= 0.3 is 5.69 Å². The molecule has 0 unspecified atom stereocenters. The molecule has 2 aromatic rings. The molecule has 0 fully saturated rings. The molecule has 1 aromatic heterocycles. The van der Waals surface area contributed by atoms with E-state index < -0.39 is 29.4 Å². The van der Waals surface area contributed by atoms with Gasteiger partial charge in [-0.1, -0.05) is 44.2 Å². The van der Waals surface area contributed by atoms with Crippen molar-refractivity contribution in [1.82, 2.24) is 15.1 Å². The molecule has 4 N–H and O–H groups in total. The number of carbonyl (C=O) groups is 2. The highest BCUT2D eigenvalue weighted by Gasteiger charge is 2.34. The Morgan fingerprint density at radius 2 is 1.88 bits per heavy atom. The molecule has 2 amide bonds. The van der Waals surface area contributed by atoms with Gasteiger partial charge in [-0.05, 0) is 49.2 Å². The molecular weight excluding hydrogens is 444 g/mol. The van der Waals surface area contributed by atoms with Crippen LogP contribution in [0, 0.1) is 5.92 Å². The van der Waals surface area contributed by atoms with Crippen LogP contribution in [0.4, 0.5) is 0 Å². The van der Waals surface area contributed by atoms with Crippen molar-refractivity contribution in [3.05, 3.63) is 52.1 Å². The van der Waals surface area contributed by atoms with Crippen molar-refractivity contribution in [3.8, 4) is 5.88 Å². The van der Waals surface area contributed by atoms with Crippen LogP contribution in [0.15, 0.2) is 35.1 Å². The number of aryl methyl sites for hydroxylation is 2. The van der Waals surface area contributed by atoms with Gasteiger partial charge < -0.3 is 10.1 Å². The number of hydrogen-bond acceptors (Lipinski definition) is 6. The van der Waals surface area contributed by atoms with Gasteiger partial charge in [-0.2, -0.15) is 16.4 Å². The van der Waals surface area contributed by atoms with Gasteiger partial charge in [-0.25, -0.2) is 15.3 Å². The summed E-state index contributed by atoms with van der Waals surface area (Å²) in [6, 6.07) is 8.51. The fraction of sp³-hybridized carbons (Fsp3) is 0.522. The number of aromatic hydroxyl groups is 1. The number of amides is 2. The number of thioether (sulfide) groups is 1. The topological polar surface area (TPSA) is 128 Å². The predicted molar refractivity (Wildman–Crippen MR) is 129 cm³/mol. The minimum Gasteiger partial charge on any atom is -0.492 e. The molecule has 182 valence electrons. The first-order valence-corrected chi connectivity index (χ1v) is 12.5. The molecule has 1 heterocycles. The number of carbonyl (C=O) groups excluding carboxylic acids is 2. The number of aromatic nitrogens is 2. The molecule has 1 atom stereocenters. The molecule has 33 heavy (non-hydrogen) atoms.